The van der Waals surface area contributed by atoms with E-state index in [9.17, 15) is 19.5 Å². The minimum Gasteiger partial charge on any atom is -0.481 e. The van der Waals surface area contributed by atoms with Crippen molar-refractivity contribution in [1.82, 2.24) is 0 Å². The Labute approximate surface area is 192 Å². The lowest BCUT2D eigenvalue weighted by atomic mass is 9.82. The van der Waals surface area contributed by atoms with Gasteiger partial charge in [0.05, 0.1) is 17.1 Å². The van der Waals surface area contributed by atoms with Crippen LogP contribution in [0.4, 0.5) is 11.4 Å². The number of carbonyl (C=O) groups excluding carboxylic acids is 2. The van der Waals surface area contributed by atoms with Crippen molar-refractivity contribution in [3.05, 3.63) is 65.7 Å². The molecule has 3 atom stereocenters. The Morgan fingerprint density at radius 2 is 1.69 bits per heavy atom. The van der Waals surface area contributed by atoms with Gasteiger partial charge in [0.2, 0.25) is 11.8 Å². The zero-order valence-electron chi connectivity index (χ0n) is 18.4. The predicted octanol–water partition coefficient (Wildman–Crippen LogP) is 5.03. The lowest BCUT2D eigenvalue weighted by Crippen LogP contribution is -2.34. The number of hydrogen-bond acceptors (Lipinski definition) is 4. The molecular weight excluding hydrogens is 424 g/mol. The highest BCUT2D eigenvalue weighted by molar-refractivity contribution is 8.00. The largest absolute Gasteiger partial charge is 0.481 e. The van der Waals surface area contributed by atoms with Gasteiger partial charge in [-0.1, -0.05) is 30.4 Å². The first-order valence-corrected chi connectivity index (χ1v) is 11.5. The number of amides is 2. The number of nitrogens with one attached hydrogen (secondary N) is 2. The first-order valence-electron chi connectivity index (χ1n) is 10.6. The molecule has 1 aliphatic carbocycles. The second-order valence-corrected chi connectivity index (χ2v) is 9.42. The molecule has 3 N–H and O–H groups in total. The highest BCUT2D eigenvalue weighted by Crippen LogP contribution is 2.30. The molecule has 1 aliphatic rings. The van der Waals surface area contributed by atoms with E-state index >= 15 is 0 Å². The molecule has 32 heavy (non-hydrogen) atoms. The van der Waals surface area contributed by atoms with Gasteiger partial charge in [-0.25, -0.2) is 0 Å². The molecule has 7 heteroatoms. The van der Waals surface area contributed by atoms with Crippen LogP contribution in [0.2, 0.25) is 0 Å². The van der Waals surface area contributed by atoms with Crippen LogP contribution in [0.3, 0.4) is 0 Å². The van der Waals surface area contributed by atoms with Crippen LogP contribution in [0.15, 0.2) is 59.5 Å². The number of benzene rings is 2. The Bertz CT molecular complexity index is 1050. The van der Waals surface area contributed by atoms with Gasteiger partial charge < -0.3 is 15.7 Å². The molecule has 0 bridgehead atoms. The van der Waals surface area contributed by atoms with E-state index in [0.29, 0.717) is 18.5 Å². The van der Waals surface area contributed by atoms with Crippen molar-refractivity contribution in [2.45, 2.75) is 43.8 Å². The summed E-state index contributed by atoms with van der Waals surface area (Å²) in [5.41, 5.74) is 3.55. The Kier molecular flexibility index (Phi) is 7.75. The molecule has 6 nitrogen and oxygen atoms in total. The van der Waals surface area contributed by atoms with E-state index in [1.807, 2.05) is 63.3 Å². The van der Waals surface area contributed by atoms with Gasteiger partial charge in [0.1, 0.15) is 0 Å². The third-order valence-electron chi connectivity index (χ3n) is 5.73. The van der Waals surface area contributed by atoms with E-state index in [2.05, 4.69) is 10.6 Å². The minimum atomic E-state index is -0.956. The summed E-state index contributed by atoms with van der Waals surface area (Å²) < 4.78 is 0. The summed E-state index contributed by atoms with van der Waals surface area (Å²) in [6, 6.07) is 13.1. The number of anilines is 2. The Balaban J connectivity index is 1.63. The molecule has 0 heterocycles. The van der Waals surface area contributed by atoms with Gasteiger partial charge in [0.15, 0.2) is 0 Å². The first-order chi connectivity index (χ1) is 15.3. The zero-order chi connectivity index (χ0) is 23.3. The Hall–Kier alpha value is -3.06. The molecular formula is C25H28N2O4S. The second-order valence-electron chi connectivity index (χ2n) is 8.01. The van der Waals surface area contributed by atoms with Crippen molar-refractivity contribution < 1.29 is 19.5 Å². The van der Waals surface area contributed by atoms with Gasteiger partial charge >= 0.3 is 5.97 Å². The third-order valence-corrected chi connectivity index (χ3v) is 6.83. The average molecular weight is 453 g/mol. The average Bonchev–Trinajstić information content (AvgIpc) is 2.77. The van der Waals surface area contributed by atoms with E-state index in [1.54, 1.807) is 12.1 Å². The molecule has 0 aliphatic heterocycles. The highest BCUT2D eigenvalue weighted by Gasteiger charge is 2.34. The Morgan fingerprint density at radius 3 is 2.41 bits per heavy atom. The van der Waals surface area contributed by atoms with Crippen molar-refractivity contribution >= 4 is 40.9 Å². The van der Waals surface area contributed by atoms with Crippen molar-refractivity contribution in [1.29, 1.82) is 0 Å². The number of rotatable bonds is 7. The molecule has 3 unspecified atom stereocenters. The molecule has 0 fully saturated rings. The maximum absolute atomic E-state index is 12.7. The highest BCUT2D eigenvalue weighted by atomic mass is 32.2. The fourth-order valence-corrected chi connectivity index (χ4v) is 4.56. The summed E-state index contributed by atoms with van der Waals surface area (Å²) >= 11 is 1.39. The van der Waals surface area contributed by atoms with E-state index in [4.69, 9.17) is 0 Å². The quantitative estimate of drug-likeness (QED) is 0.405. The number of thioether (sulfide) groups is 1. The van der Waals surface area contributed by atoms with Gasteiger partial charge in [-0.15, -0.1) is 11.8 Å². The molecule has 0 radical (unpaired) electrons. The maximum atomic E-state index is 12.7. The third kappa shape index (κ3) is 5.79. The number of aliphatic carboxylic acids is 1. The molecule has 168 valence electrons. The number of aryl methyl sites for hydroxylation is 1. The number of allylic oxidation sites excluding steroid dienone is 2. The molecule has 2 aromatic rings. The lowest BCUT2D eigenvalue weighted by Gasteiger charge is -2.24. The number of hydrogen-bond donors (Lipinski definition) is 3. The fourth-order valence-electron chi connectivity index (χ4n) is 3.64. The summed E-state index contributed by atoms with van der Waals surface area (Å²) in [5, 5.41) is 14.9. The maximum Gasteiger partial charge on any atom is 0.307 e. The van der Waals surface area contributed by atoms with Crippen molar-refractivity contribution in [3.63, 3.8) is 0 Å². The van der Waals surface area contributed by atoms with Gasteiger partial charge in [0, 0.05) is 16.3 Å². The van der Waals surface area contributed by atoms with Gasteiger partial charge in [-0.2, -0.15) is 0 Å². The van der Waals surface area contributed by atoms with Crippen LogP contribution in [-0.2, 0) is 14.4 Å². The zero-order valence-corrected chi connectivity index (χ0v) is 19.2. The molecule has 0 spiro atoms. The first kappa shape index (κ1) is 23.6. The van der Waals surface area contributed by atoms with E-state index in [-0.39, 0.29) is 17.1 Å². The molecule has 2 amide bonds. The monoisotopic (exact) mass is 452 g/mol. The normalized spacial score (nSPS) is 18.6. The SMILES string of the molecule is Cc1cccc(NC(=O)C(C)Sc2cccc(NC(=O)C3CC=CCC3C(=O)O)c2)c1C. The summed E-state index contributed by atoms with van der Waals surface area (Å²) in [6.07, 6.45) is 4.43. The fraction of sp³-hybridized carbons (Fsp3) is 0.320. The molecule has 0 saturated carbocycles. The second kappa shape index (κ2) is 10.5. The summed E-state index contributed by atoms with van der Waals surface area (Å²) in [4.78, 5) is 37.7. The van der Waals surface area contributed by atoms with E-state index < -0.39 is 17.8 Å². The van der Waals surface area contributed by atoms with Crippen LogP contribution in [0.25, 0.3) is 0 Å². The Morgan fingerprint density at radius 1 is 1.00 bits per heavy atom. The molecule has 0 saturated heterocycles. The van der Waals surface area contributed by atoms with Crippen LogP contribution in [0.1, 0.15) is 30.9 Å². The van der Waals surface area contributed by atoms with Crippen molar-refractivity contribution in [2.24, 2.45) is 11.8 Å². The van der Waals surface area contributed by atoms with Crippen LogP contribution in [0, 0.1) is 25.7 Å². The summed E-state index contributed by atoms with van der Waals surface area (Å²) in [6.45, 7) is 5.82. The van der Waals surface area contributed by atoms with Crippen molar-refractivity contribution in [3.8, 4) is 0 Å². The van der Waals surface area contributed by atoms with Crippen LogP contribution in [0.5, 0.6) is 0 Å². The number of carbonyl (C=O) groups is 3. The smallest absolute Gasteiger partial charge is 0.307 e. The predicted molar refractivity (Wildman–Crippen MR) is 128 cm³/mol. The van der Waals surface area contributed by atoms with Crippen LogP contribution in [-0.4, -0.2) is 28.1 Å². The van der Waals surface area contributed by atoms with Crippen LogP contribution >= 0.6 is 11.8 Å². The molecule has 0 aromatic heterocycles. The van der Waals surface area contributed by atoms with E-state index in [1.165, 1.54) is 11.8 Å². The molecule has 2 aromatic carbocycles. The summed E-state index contributed by atoms with van der Waals surface area (Å²) in [7, 11) is 0. The van der Waals surface area contributed by atoms with Gasteiger partial charge in [-0.05, 0) is 69.0 Å². The lowest BCUT2D eigenvalue weighted by molar-refractivity contribution is -0.146. The van der Waals surface area contributed by atoms with Crippen molar-refractivity contribution in [2.75, 3.05) is 10.6 Å². The number of carboxylic acid groups (broad SMARTS) is 1. The van der Waals surface area contributed by atoms with Gasteiger partial charge in [-0.3, -0.25) is 14.4 Å². The number of carboxylic acids is 1. The topological polar surface area (TPSA) is 95.5 Å². The molecule has 3 rings (SSSR count). The van der Waals surface area contributed by atoms with Gasteiger partial charge in [0.25, 0.3) is 0 Å². The summed E-state index contributed by atoms with van der Waals surface area (Å²) in [5.74, 6) is -2.68. The van der Waals surface area contributed by atoms with E-state index in [0.717, 1.165) is 21.7 Å². The van der Waals surface area contributed by atoms with Crippen LogP contribution < -0.4 is 10.6 Å². The standard InChI is InChI=1S/C25H28N2O4S/c1-15-8-6-13-22(16(15)2)27-23(28)17(3)32-19-10-7-9-18(14-19)26-24(29)20-11-4-5-12-21(20)25(30)31/h4-10,13-14,17,20-21H,11-12H2,1-3H3,(H,26,29)(H,27,28)(H,30,31). The minimum absolute atomic E-state index is 0.101.